The van der Waals surface area contributed by atoms with Crippen LogP contribution in [0.1, 0.15) is 26.2 Å². The predicted octanol–water partition coefficient (Wildman–Crippen LogP) is 0.751. The van der Waals surface area contributed by atoms with Crippen molar-refractivity contribution < 1.29 is 0 Å². The highest BCUT2D eigenvalue weighted by molar-refractivity contribution is 4.93. The van der Waals surface area contributed by atoms with Gasteiger partial charge in [0, 0.05) is 32.2 Å². The van der Waals surface area contributed by atoms with Crippen molar-refractivity contribution in [2.45, 2.75) is 32.2 Å². The first-order valence-electron chi connectivity index (χ1n) is 6.28. The Morgan fingerprint density at radius 3 is 2.53 bits per heavy atom. The second-order valence-electron chi connectivity index (χ2n) is 5.64. The van der Waals surface area contributed by atoms with Crippen molar-refractivity contribution in [2.75, 3.05) is 39.8 Å². The average Bonchev–Trinajstić information content (AvgIpc) is 2.14. The van der Waals surface area contributed by atoms with E-state index in [0.717, 1.165) is 6.54 Å². The third-order valence-electron chi connectivity index (χ3n) is 4.35. The number of piperazine rings is 1. The second kappa shape index (κ2) is 4.40. The molecule has 15 heavy (non-hydrogen) atoms. The summed E-state index contributed by atoms with van der Waals surface area (Å²) in [5, 5.41) is 0. The summed E-state index contributed by atoms with van der Waals surface area (Å²) in [6.45, 7) is 8.11. The Morgan fingerprint density at radius 2 is 2.07 bits per heavy atom. The molecule has 2 fully saturated rings. The van der Waals surface area contributed by atoms with Crippen LogP contribution in [0, 0.1) is 5.41 Å². The lowest BCUT2D eigenvalue weighted by atomic mass is 9.68. The van der Waals surface area contributed by atoms with E-state index in [9.17, 15) is 0 Å². The standard InChI is InChI=1S/C12H25N3/c1-11-8-14(2)6-7-15(11)10-12(9-13)4-3-5-12/h11H,3-10,13H2,1-2H3. The lowest BCUT2D eigenvalue weighted by Gasteiger charge is -2.48. The fourth-order valence-corrected chi connectivity index (χ4v) is 2.95. The number of nitrogens with zero attached hydrogens (tertiary/aromatic N) is 2. The minimum absolute atomic E-state index is 0.476. The summed E-state index contributed by atoms with van der Waals surface area (Å²) in [6, 6.07) is 0.702. The van der Waals surface area contributed by atoms with Gasteiger partial charge in [-0.15, -0.1) is 0 Å². The summed E-state index contributed by atoms with van der Waals surface area (Å²) < 4.78 is 0. The molecule has 3 nitrogen and oxygen atoms in total. The zero-order chi connectivity index (χ0) is 10.9. The van der Waals surface area contributed by atoms with Crippen molar-refractivity contribution in [3.63, 3.8) is 0 Å². The molecule has 1 aliphatic heterocycles. The molecule has 1 saturated heterocycles. The molecule has 88 valence electrons. The maximum absolute atomic E-state index is 5.92. The molecule has 0 aromatic carbocycles. The summed E-state index contributed by atoms with van der Waals surface area (Å²) in [6.07, 6.45) is 4.09. The Balaban J connectivity index is 1.88. The smallest absolute Gasteiger partial charge is 0.0195 e. The van der Waals surface area contributed by atoms with Crippen molar-refractivity contribution >= 4 is 0 Å². The molecule has 2 aliphatic rings. The Kier molecular flexibility index (Phi) is 3.33. The molecule has 1 saturated carbocycles. The fourth-order valence-electron chi connectivity index (χ4n) is 2.95. The molecule has 3 heteroatoms. The highest BCUT2D eigenvalue weighted by atomic mass is 15.3. The largest absolute Gasteiger partial charge is 0.330 e. The lowest BCUT2D eigenvalue weighted by Crippen LogP contribution is -2.56. The van der Waals surface area contributed by atoms with E-state index in [0.29, 0.717) is 11.5 Å². The second-order valence-corrected chi connectivity index (χ2v) is 5.64. The molecule has 0 radical (unpaired) electrons. The van der Waals surface area contributed by atoms with E-state index in [2.05, 4.69) is 23.8 Å². The van der Waals surface area contributed by atoms with Gasteiger partial charge in [0.25, 0.3) is 0 Å². The maximum Gasteiger partial charge on any atom is 0.0195 e. The Morgan fingerprint density at radius 1 is 1.33 bits per heavy atom. The highest BCUT2D eigenvalue weighted by Crippen LogP contribution is 2.41. The first-order chi connectivity index (χ1) is 7.15. The molecular formula is C12H25N3. The van der Waals surface area contributed by atoms with Crippen molar-refractivity contribution in [3.05, 3.63) is 0 Å². The number of likely N-dealkylation sites (N-methyl/N-ethyl adjacent to an activating group) is 1. The number of hydrogen-bond donors (Lipinski definition) is 1. The molecule has 2 rings (SSSR count). The van der Waals surface area contributed by atoms with Crippen LogP contribution in [0.2, 0.25) is 0 Å². The fraction of sp³-hybridized carbons (Fsp3) is 1.00. The summed E-state index contributed by atoms with van der Waals surface area (Å²) in [4.78, 5) is 5.07. The van der Waals surface area contributed by atoms with E-state index in [1.54, 1.807) is 0 Å². The SMILES string of the molecule is CC1CN(C)CCN1CC1(CN)CCC1. The molecule has 1 unspecified atom stereocenters. The van der Waals surface area contributed by atoms with Gasteiger partial charge in [0.05, 0.1) is 0 Å². The van der Waals surface area contributed by atoms with Crippen LogP contribution in [-0.2, 0) is 0 Å². The van der Waals surface area contributed by atoms with E-state index in [1.807, 2.05) is 0 Å². The van der Waals surface area contributed by atoms with Gasteiger partial charge in [-0.25, -0.2) is 0 Å². The Bertz CT molecular complexity index is 207. The Hall–Kier alpha value is -0.120. The minimum atomic E-state index is 0.476. The van der Waals surface area contributed by atoms with E-state index in [-0.39, 0.29) is 0 Å². The molecule has 0 bridgehead atoms. The zero-order valence-electron chi connectivity index (χ0n) is 10.2. The summed E-state index contributed by atoms with van der Waals surface area (Å²) >= 11 is 0. The summed E-state index contributed by atoms with van der Waals surface area (Å²) in [5.74, 6) is 0. The van der Waals surface area contributed by atoms with Crippen LogP contribution in [-0.4, -0.2) is 55.6 Å². The van der Waals surface area contributed by atoms with Crippen molar-refractivity contribution in [1.82, 2.24) is 9.80 Å². The van der Waals surface area contributed by atoms with E-state index in [1.165, 1.54) is 45.4 Å². The maximum atomic E-state index is 5.92. The van der Waals surface area contributed by atoms with Crippen LogP contribution in [0.4, 0.5) is 0 Å². The first-order valence-corrected chi connectivity index (χ1v) is 6.28. The van der Waals surface area contributed by atoms with Gasteiger partial charge in [-0.1, -0.05) is 6.42 Å². The van der Waals surface area contributed by atoms with Gasteiger partial charge in [-0.2, -0.15) is 0 Å². The van der Waals surface area contributed by atoms with Gasteiger partial charge in [0.1, 0.15) is 0 Å². The van der Waals surface area contributed by atoms with Gasteiger partial charge < -0.3 is 10.6 Å². The number of nitrogens with two attached hydrogens (primary N) is 1. The lowest BCUT2D eigenvalue weighted by molar-refractivity contribution is 0.0209. The van der Waals surface area contributed by atoms with Crippen molar-refractivity contribution in [2.24, 2.45) is 11.1 Å². The molecular weight excluding hydrogens is 186 g/mol. The van der Waals surface area contributed by atoms with Gasteiger partial charge in [-0.05, 0) is 38.8 Å². The van der Waals surface area contributed by atoms with Crippen LogP contribution >= 0.6 is 0 Å². The Labute approximate surface area is 93.6 Å². The monoisotopic (exact) mass is 211 g/mol. The molecule has 0 spiro atoms. The summed E-state index contributed by atoms with van der Waals surface area (Å²) in [7, 11) is 2.22. The molecule has 2 N–H and O–H groups in total. The van der Waals surface area contributed by atoms with Crippen LogP contribution in [0.25, 0.3) is 0 Å². The van der Waals surface area contributed by atoms with Gasteiger partial charge in [-0.3, -0.25) is 4.90 Å². The van der Waals surface area contributed by atoms with Gasteiger partial charge in [0.15, 0.2) is 0 Å². The molecule has 1 heterocycles. The normalized spacial score (nSPS) is 32.6. The van der Waals surface area contributed by atoms with Crippen LogP contribution in [0.3, 0.4) is 0 Å². The van der Waals surface area contributed by atoms with E-state index >= 15 is 0 Å². The molecule has 1 aliphatic carbocycles. The van der Waals surface area contributed by atoms with Crippen LogP contribution in [0.5, 0.6) is 0 Å². The van der Waals surface area contributed by atoms with Gasteiger partial charge >= 0.3 is 0 Å². The van der Waals surface area contributed by atoms with Gasteiger partial charge in [0.2, 0.25) is 0 Å². The summed E-state index contributed by atoms with van der Waals surface area (Å²) in [5.41, 5.74) is 6.40. The topological polar surface area (TPSA) is 32.5 Å². The zero-order valence-corrected chi connectivity index (χ0v) is 10.2. The third kappa shape index (κ3) is 2.35. The number of hydrogen-bond acceptors (Lipinski definition) is 3. The van der Waals surface area contributed by atoms with E-state index in [4.69, 9.17) is 5.73 Å². The van der Waals surface area contributed by atoms with E-state index < -0.39 is 0 Å². The van der Waals surface area contributed by atoms with Crippen molar-refractivity contribution in [1.29, 1.82) is 0 Å². The number of rotatable bonds is 3. The van der Waals surface area contributed by atoms with Crippen LogP contribution in [0.15, 0.2) is 0 Å². The molecule has 1 atom stereocenters. The quantitative estimate of drug-likeness (QED) is 0.748. The highest BCUT2D eigenvalue weighted by Gasteiger charge is 2.38. The third-order valence-corrected chi connectivity index (χ3v) is 4.35. The minimum Gasteiger partial charge on any atom is -0.330 e. The molecule has 0 amide bonds. The predicted molar refractivity (Wildman–Crippen MR) is 63.9 cm³/mol. The molecule has 0 aromatic heterocycles. The average molecular weight is 211 g/mol. The van der Waals surface area contributed by atoms with Crippen molar-refractivity contribution in [3.8, 4) is 0 Å². The first kappa shape index (κ1) is 11.4. The van der Waals surface area contributed by atoms with Crippen LogP contribution < -0.4 is 5.73 Å². The molecule has 0 aromatic rings.